The van der Waals surface area contributed by atoms with Gasteiger partial charge >= 0.3 is 0 Å². The molecule has 2 N–H and O–H groups in total. The molecule has 0 saturated carbocycles. The molecule has 17 heavy (non-hydrogen) atoms. The summed E-state index contributed by atoms with van der Waals surface area (Å²) in [5, 5.41) is 4.33. The van der Waals surface area contributed by atoms with E-state index in [-0.39, 0.29) is 11.5 Å². The Morgan fingerprint density at radius 1 is 1.35 bits per heavy atom. The van der Waals surface area contributed by atoms with E-state index >= 15 is 0 Å². The fraction of sp³-hybridized carbons (Fsp3) is 0.231. The van der Waals surface area contributed by atoms with Crippen molar-refractivity contribution in [1.82, 2.24) is 4.98 Å². The lowest BCUT2D eigenvalue weighted by molar-refractivity contribution is -0.114. The second-order valence-electron chi connectivity index (χ2n) is 4.14. The number of anilines is 1. The van der Waals surface area contributed by atoms with Crippen molar-refractivity contribution in [1.29, 1.82) is 0 Å². The van der Waals surface area contributed by atoms with Crippen LogP contribution in [-0.2, 0) is 4.79 Å². The highest BCUT2D eigenvalue weighted by atomic mass is 16.1. The first kappa shape index (κ1) is 11.4. The topological polar surface area (TPSA) is 62.0 Å². The molecule has 0 atom stereocenters. The van der Waals surface area contributed by atoms with Crippen molar-refractivity contribution in [3.63, 3.8) is 0 Å². The zero-order chi connectivity index (χ0) is 12.6. The molecule has 0 aliphatic heterocycles. The first-order valence-electron chi connectivity index (χ1n) is 5.40. The van der Waals surface area contributed by atoms with Gasteiger partial charge in [0.1, 0.15) is 0 Å². The third-order valence-corrected chi connectivity index (χ3v) is 2.83. The normalized spacial score (nSPS) is 10.5. The zero-order valence-electron chi connectivity index (χ0n) is 10.0. The number of aromatic nitrogens is 1. The second-order valence-corrected chi connectivity index (χ2v) is 4.14. The number of pyridine rings is 1. The lowest BCUT2D eigenvalue weighted by atomic mass is 10.0. The maximum absolute atomic E-state index is 11.7. The molecule has 88 valence electrons. The Morgan fingerprint density at radius 3 is 2.71 bits per heavy atom. The molecule has 4 heteroatoms. The quantitative estimate of drug-likeness (QED) is 0.788. The van der Waals surface area contributed by atoms with E-state index in [1.165, 1.54) is 6.92 Å². The highest BCUT2D eigenvalue weighted by Crippen LogP contribution is 2.26. The highest BCUT2D eigenvalue weighted by Gasteiger charge is 2.09. The minimum Gasteiger partial charge on any atom is -0.329 e. The van der Waals surface area contributed by atoms with E-state index in [9.17, 15) is 9.59 Å². The van der Waals surface area contributed by atoms with Gasteiger partial charge in [0, 0.05) is 18.8 Å². The van der Waals surface area contributed by atoms with Crippen LogP contribution < -0.4 is 10.9 Å². The van der Waals surface area contributed by atoms with E-state index in [0.29, 0.717) is 5.39 Å². The van der Waals surface area contributed by atoms with Gasteiger partial charge in [-0.25, -0.2) is 0 Å². The van der Waals surface area contributed by atoms with E-state index in [1.54, 1.807) is 6.20 Å². The van der Waals surface area contributed by atoms with E-state index in [4.69, 9.17) is 0 Å². The molecule has 2 rings (SSSR count). The molecule has 1 aromatic carbocycles. The monoisotopic (exact) mass is 230 g/mol. The van der Waals surface area contributed by atoms with Gasteiger partial charge < -0.3 is 10.3 Å². The summed E-state index contributed by atoms with van der Waals surface area (Å²) in [5.74, 6) is -0.114. The van der Waals surface area contributed by atoms with Crippen molar-refractivity contribution in [2.75, 3.05) is 5.32 Å². The molecule has 0 aliphatic rings. The smallest absolute Gasteiger partial charge is 0.256 e. The third-order valence-electron chi connectivity index (χ3n) is 2.83. The van der Waals surface area contributed by atoms with Crippen molar-refractivity contribution < 1.29 is 4.79 Å². The summed E-state index contributed by atoms with van der Waals surface area (Å²) < 4.78 is 0. The lowest BCUT2D eigenvalue weighted by Gasteiger charge is -2.11. The molecule has 0 aliphatic carbocycles. The number of hydrogen-bond donors (Lipinski definition) is 2. The molecule has 0 saturated heterocycles. The number of hydrogen-bond acceptors (Lipinski definition) is 2. The van der Waals surface area contributed by atoms with Crippen LogP contribution in [0.25, 0.3) is 10.8 Å². The van der Waals surface area contributed by atoms with Crippen LogP contribution in [0.5, 0.6) is 0 Å². The maximum atomic E-state index is 11.7. The third kappa shape index (κ3) is 1.93. The fourth-order valence-corrected chi connectivity index (χ4v) is 2.04. The molecular formula is C13H14N2O2. The Morgan fingerprint density at radius 2 is 2.06 bits per heavy atom. The van der Waals surface area contributed by atoms with E-state index in [1.807, 2.05) is 26.0 Å². The molecular weight excluding hydrogens is 216 g/mol. The Labute approximate surface area is 98.7 Å². The molecule has 0 fully saturated rings. The van der Waals surface area contributed by atoms with Crippen molar-refractivity contribution in [3.8, 4) is 0 Å². The predicted molar refractivity (Wildman–Crippen MR) is 68.3 cm³/mol. The van der Waals surface area contributed by atoms with Crippen LogP contribution in [0.1, 0.15) is 18.1 Å². The van der Waals surface area contributed by atoms with Gasteiger partial charge in [0.15, 0.2) is 0 Å². The van der Waals surface area contributed by atoms with Gasteiger partial charge in [-0.15, -0.1) is 0 Å². The summed E-state index contributed by atoms with van der Waals surface area (Å²) in [7, 11) is 0. The number of nitrogens with one attached hydrogen (secondary N) is 2. The molecule has 1 heterocycles. The number of carbonyl (C=O) groups excluding carboxylic acids is 1. The van der Waals surface area contributed by atoms with Crippen molar-refractivity contribution in [2.45, 2.75) is 20.8 Å². The number of H-pyrrole nitrogens is 1. The number of aromatic amines is 1. The summed E-state index contributed by atoms with van der Waals surface area (Å²) >= 11 is 0. The van der Waals surface area contributed by atoms with Gasteiger partial charge in [0.25, 0.3) is 5.56 Å². The molecule has 1 amide bonds. The molecule has 0 unspecified atom stereocenters. The van der Waals surface area contributed by atoms with Crippen LogP contribution >= 0.6 is 0 Å². The first-order valence-corrected chi connectivity index (χ1v) is 5.40. The standard InChI is InChI=1S/C13H14N2O2/c1-7-6-11(15-9(3)16)8(2)10-4-5-14-13(17)12(7)10/h4-6H,1-3H3,(H,14,17)(H,15,16). The average Bonchev–Trinajstić information content (AvgIpc) is 2.24. The molecule has 0 bridgehead atoms. The Hall–Kier alpha value is -2.10. The van der Waals surface area contributed by atoms with Crippen LogP contribution in [0.15, 0.2) is 23.1 Å². The second kappa shape index (κ2) is 4.05. The minimum absolute atomic E-state index is 0.0996. The van der Waals surface area contributed by atoms with Crippen LogP contribution in [-0.4, -0.2) is 10.9 Å². The summed E-state index contributed by atoms with van der Waals surface area (Å²) in [4.78, 5) is 25.5. The number of rotatable bonds is 1. The van der Waals surface area contributed by atoms with Crippen molar-refractivity contribution in [2.24, 2.45) is 0 Å². The van der Waals surface area contributed by atoms with Gasteiger partial charge in [-0.2, -0.15) is 0 Å². The molecule has 0 radical (unpaired) electrons. The van der Waals surface area contributed by atoms with Gasteiger partial charge in [0.05, 0.1) is 5.39 Å². The predicted octanol–water partition coefficient (Wildman–Crippen LogP) is 2.10. The Bertz CT molecular complexity index is 656. The summed E-state index contributed by atoms with van der Waals surface area (Å²) in [6, 6.07) is 3.68. The van der Waals surface area contributed by atoms with Crippen molar-refractivity contribution in [3.05, 3.63) is 39.8 Å². The lowest BCUT2D eigenvalue weighted by Crippen LogP contribution is -2.11. The minimum atomic E-state index is -0.114. The summed E-state index contributed by atoms with van der Waals surface area (Å²) in [5.41, 5.74) is 2.42. The Balaban J connectivity index is 2.81. The van der Waals surface area contributed by atoms with Crippen LogP contribution in [0.3, 0.4) is 0 Å². The largest absolute Gasteiger partial charge is 0.329 e. The zero-order valence-corrected chi connectivity index (χ0v) is 10.0. The summed E-state index contributed by atoms with van der Waals surface area (Å²) in [6.45, 7) is 5.23. The van der Waals surface area contributed by atoms with Gasteiger partial charge in [-0.1, -0.05) is 0 Å². The Kier molecular flexibility index (Phi) is 2.71. The first-order chi connectivity index (χ1) is 8.00. The number of fused-ring (bicyclic) bond motifs is 1. The molecule has 1 aromatic heterocycles. The van der Waals surface area contributed by atoms with Gasteiger partial charge in [-0.05, 0) is 42.5 Å². The average molecular weight is 230 g/mol. The van der Waals surface area contributed by atoms with Crippen LogP contribution in [0, 0.1) is 13.8 Å². The number of amides is 1. The maximum Gasteiger partial charge on any atom is 0.256 e. The van der Waals surface area contributed by atoms with Gasteiger partial charge in [-0.3, -0.25) is 9.59 Å². The van der Waals surface area contributed by atoms with Crippen LogP contribution in [0.4, 0.5) is 5.69 Å². The van der Waals surface area contributed by atoms with E-state index in [0.717, 1.165) is 22.2 Å². The number of benzene rings is 1. The SMILES string of the molecule is CC(=O)Nc1cc(C)c2c(=O)[nH]ccc2c1C. The van der Waals surface area contributed by atoms with E-state index in [2.05, 4.69) is 10.3 Å². The highest BCUT2D eigenvalue weighted by molar-refractivity contribution is 5.97. The molecule has 0 spiro atoms. The molecule has 4 nitrogen and oxygen atoms in total. The van der Waals surface area contributed by atoms with Crippen LogP contribution in [0.2, 0.25) is 0 Å². The fourth-order valence-electron chi connectivity index (χ4n) is 2.04. The molecule has 2 aromatic rings. The van der Waals surface area contributed by atoms with E-state index < -0.39 is 0 Å². The summed E-state index contributed by atoms with van der Waals surface area (Å²) in [6.07, 6.45) is 1.62. The van der Waals surface area contributed by atoms with Gasteiger partial charge in [0.2, 0.25) is 5.91 Å². The van der Waals surface area contributed by atoms with Crippen molar-refractivity contribution >= 4 is 22.4 Å². The number of carbonyl (C=O) groups is 1. The number of aryl methyl sites for hydroxylation is 2.